The van der Waals surface area contributed by atoms with Crippen LogP contribution in [0.4, 0.5) is 0 Å². The minimum Gasteiger partial charge on any atom is -0.396 e. The number of aliphatic hydroxyl groups excluding tert-OH is 2. The van der Waals surface area contributed by atoms with E-state index in [2.05, 4.69) is 0 Å². The zero-order valence-corrected chi connectivity index (χ0v) is 6.03. The largest absolute Gasteiger partial charge is 0.396 e. The van der Waals surface area contributed by atoms with E-state index < -0.39 is 0 Å². The van der Waals surface area contributed by atoms with Gasteiger partial charge in [0.05, 0.1) is 6.10 Å². The second-order valence-corrected chi connectivity index (χ2v) is 3.67. The average molecular weight is 142 g/mol. The van der Waals surface area contributed by atoms with Crippen LogP contribution < -0.4 is 0 Å². The van der Waals surface area contributed by atoms with Crippen molar-refractivity contribution < 1.29 is 10.2 Å². The number of fused-ring (bicyclic) bond motifs is 2. The maximum atomic E-state index is 9.52. The van der Waals surface area contributed by atoms with Gasteiger partial charge in [-0.3, -0.25) is 0 Å². The summed E-state index contributed by atoms with van der Waals surface area (Å²) in [6.07, 6.45) is 3.38. The molecule has 0 unspecified atom stereocenters. The lowest BCUT2D eigenvalue weighted by atomic mass is 9.87. The second kappa shape index (κ2) is 2.21. The first-order chi connectivity index (χ1) is 4.83. The van der Waals surface area contributed by atoms with Crippen molar-refractivity contribution in [2.45, 2.75) is 25.4 Å². The molecule has 0 radical (unpaired) electrons. The summed E-state index contributed by atoms with van der Waals surface area (Å²) in [5, 5.41) is 18.4. The van der Waals surface area contributed by atoms with Gasteiger partial charge in [-0.2, -0.15) is 0 Å². The SMILES string of the molecule is OC[C@H]1[C@@H]2CC[C@@H](C2)[C@H]1O. The van der Waals surface area contributed by atoms with Crippen LogP contribution in [0.2, 0.25) is 0 Å². The van der Waals surface area contributed by atoms with E-state index >= 15 is 0 Å². The summed E-state index contributed by atoms with van der Waals surface area (Å²) in [7, 11) is 0. The van der Waals surface area contributed by atoms with Crippen molar-refractivity contribution in [2.24, 2.45) is 17.8 Å². The Hall–Kier alpha value is -0.0800. The van der Waals surface area contributed by atoms with Crippen LogP contribution in [0, 0.1) is 17.8 Å². The van der Waals surface area contributed by atoms with Crippen molar-refractivity contribution in [1.29, 1.82) is 0 Å². The highest BCUT2D eigenvalue weighted by Crippen LogP contribution is 2.48. The van der Waals surface area contributed by atoms with Crippen molar-refractivity contribution >= 4 is 0 Å². The minimum absolute atomic E-state index is 0.183. The maximum Gasteiger partial charge on any atom is 0.0621 e. The van der Waals surface area contributed by atoms with Crippen LogP contribution in [-0.4, -0.2) is 22.9 Å². The summed E-state index contributed by atoms with van der Waals surface area (Å²) >= 11 is 0. The van der Waals surface area contributed by atoms with Gasteiger partial charge >= 0.3 is 0 Å². The van der Waals surface area contributed by atoms with E-state index in [4.69, 9.17) is 5.11 Å². The minimum atomic E-state index is -0.191. The standard InChI is InChI=1S/C8H14O2/c9-4-7-5-1-2-6(3-5)8(7)10/h5-10H,1-4H2/t5-,6+,7+,8-/m1/s1. The molecule has 2 nitrogen and oxygen atoms in total. The summed E-state index contributed by atoms with van der Waals surface area (Å²) in [6, 6.07) is 0. The van der Waals surface area contributed by atoms with E-state index in [1.165, 1.54) is 12.8 Å². The van der Waals surface area contributed by atoms with Crippen LogP contribution in [0.3, 0.4) is 0 Å². The third-order valence-electron chi connectivity index (χ3n) is 3.25. The van der Waals surface area contributed by atoms with Crippen LogP contribution in [0.5, 0.6) is 0 Å². The smallest absolute Gasteiger partial charge is 0.0621 e. The fourth-order valence-electron chi connectivity index (χ4n) is 2.64. The first-order valence-electron chi connectivity index (χ1n) is 4.12. The van der Waals surface area contributed by atoms with Gasteiger partial charge in [0, 0.05) is 12.5 Å². The molecule has 4 atom stereocenters. The van der Waals surface area contributed by atoms with Crippen LogP contribution in [0.25, 0.3) is 0 Å². The molecule has 0 aromatic carbocycles. The van der Waals surface area contributed by atoms with E-state index in [0.717, 1.165) is 6.42 Å². The third kappa shape index (κ3) is 0.722. The van der Waals surface area contributed by atoms with Gasteiger partial charge in [0.2, 0.25) is 0 Å². The fourth-order valence-corrected chi connectivity index (χ4v) is 2.64. The molecule has 2 aliphatic carbocycles. The molecular weight excluding hydrogens is 128 g/mol. The van der Waals surface area contributed by atoms with Crippen LogP contribution in [0.1, 0.15) is 19.3 Å². The Morgan fingerprint density at radius 2 is 1.90 bits per heavy atom. The highest BCUT2D eigenvalue weighted by atomic mass is 16.3. The van der Waals surface area contributed by atoms with Gasteiger partial charge in [-0.05, 0) is 31.1 Å². The number of aliphatic hydroxyl groups is 2. The molecule has 2 rings (SSSR count). The molecule has 0 aliphatic heterocycles. The number of hydrogen-bond donors (Lipinski definition) is 2. The van der Waals surface area contributed by atoms with E-state index in [0.29, 0.717) is 11.8 Å². The normalized spacial score (nSPS) is 52.2. The lowest BCUT2D eigenvalue weighted by Crippen LogP contribution is -2.29. The predicted molar refractivity (Wildman–Crippen MR) is 37.4 cm³/mol. The number of rotatable bonds is 1. The van der Waals surface area contributed by atoms with Gasteiger partial charge in [0.1, 0.15) is 0 Å². The monoisotopic (exact) mass is 142 g/mol. The van der Waals surface area contributed by atoms with Crippen LogP contribution in [0.15, 0.2) is 0 Å². The Labute approximate surface area is 60.9 Å². The van der Waals surface area contributed by atoms with Crippen molar-refractivity contribution in [2.75, 3.05) is 6.61 Å². The zero-order valence-electron chi connectivity index (χ0n) is 6.03. The molecule has 0 amide bonds. The first-order valence-corrected chi connectivity index (χ1v) is 4.12. The Morgan fingerprint density at radius 3 is 2.30 bits per heavy atom. The molecule has 58 valence electrons. The van der Waals surface area contributed by atoms with Gasteiger partial charge in [-0.15, -0.1) is 0 Å². The van der Waals surface area contributed by atoms with Gasteiger partial charge in [0.15, 0.2) is 0 Å². The molecular formula is C8H14O2. The maximum absolute atomic E-state index is 9.52. The highest BCUT2D eigenvalue weighted by Gasteiger charge is 2.46. The van der Waals surface area contributed by atoms with Crippen molar-refractivity contribution in [3.63, 3.8) is 0 Å². The molecule has 2 saturated carbocycles. The summed E-state index contributed by atoms with van der Waals surface area (Å²) in [6.45, 7) is 0.183. The van der Waals surface area contributed by atoms with E-state index in [1.807, 2.05) is 0 Å². The van der Waals surface area contributed by atoms with E-state index in [1.54, 1.807) is 0 Å². The summed E-state index contributed by atoms with van der Waals surface area (Å²) in [5.41, 5.74) is 0. The lowest BCUT2D eigenvalue weighted by molar-refractivity contribution is 0.0276. The molecule has 0 aromatic heterocycles. The average Bonchev–Trinajstić information content (AvgIpc) is 2.46. The molecule has 0 heterocycles. The van der Waals surface area contributed by atoms with Gasteiger partial charge in [-0.1, -0.05) is 0 Å². The summed E-state index contributed by atoms with van der Waals surface area (Å²) in [4.78, 5) is 0. The summed E-state index contributed by atoms with van der Waals surface area (Å²) in [5.74, 6) is 1.35. The van der Waals surface area contributed by atoms with E-state index in [9.17, 15) is 5.11 Å². The van der Waals surface area contributed by atoms with Crippen LogP contribution in [-0.2, 0) is 0 Å². The topological polar surface area (TPSA) is 40.5 Å². The van der Waals surface area contributed by atoms with Crippen molar-refractivity contribution in [1.82, 2.24) is 0 Å². The highest BCUT2D eigenvalue weighted by molar-refractivity contribution is 4.96. The molecule has 2 fully saturated rings. The Morgan fingerprint density at radius 1 is 1.20 bits per heavy atom. The zero-order chi connectivity index (χ0) is 7.14. The number of hydrogen-bond acceptors (Lipinski definition) is 2. The first kappa shape index (κ1) is 6.62. The molecule has 2 bridgehead atoms. The van der Waals surface area contributed by atoms with Gasteiger partial charge in [0.25, 0.3) is 0 Å². The van der Waals surface area contributed by atoms with Gasteiger partial charge in [-0.25, -0.2) is 0 Å². The third-order valence-corrected chi connectivity index (χ3v) is 3.25. The molecule has 0 spiro atoms. The molecule has 2 heteroatoms. The second-order valence-electron chi connectivity index (χ2n) is 3.67. The Balaban J connectivity index is 2.10. The fraction of sp³-hybridized carbons (Fsp3) is 1.00. The molecule has 10 heavy (non-hydrogen) atoms. The molecule has 2 aliphatic rings. The summed E-state index contributed by atoms with van der Waals surface area (Å²) < 4.78 is 0. The van der Waals surface area contributed by atoms with Gasteiger partial charge < -0.3 is 10.2 Å². The quantitative estimate of drug-likeness (QED) is 0.556. The molecule has 2 N–H and O–H groups in total. The lowest BCUT2D eigenvalue weighted by Gasteiger charge is -2.24. The predicted octanol–water partition coefficient (Wildman–Crippen LogP) is 0.386. The Bertz CT molecular complexity index is 133. The van der Waals surface area contributed by atoms with Crippen molar-refractivity contribution in [3.05, 3.63) is 0 Å². The molecule has 0 aromatic rings. The Kier molecular flexibility index (Phi) is 1.46. The van der Waals surface area contributed by atoms with Crippen molar-refractivity contribution in [3.8, 4) is 0 Å². The molecule has 0 saturated heterocycles. The van der Waals surface area contributed by atoms with Crippen LogP contribution >= 0.6 is 0 Å². The van der Waals surface area contributed by atoms with E-state index in [-0.39, 0.29) is 18.6 Å².